The van der Waals surface area contributed by atoms with Crippen LogP contribution < -0.4 is 10.1 Å². The minimum atomic E-state index is -0.442. The van der Waals surface area contributed by atoms with E-state index in [1.165, 1.54) is 12.8 Å². The van der Waals surface area contributed by atoms with Crippen molar-refractivity contribution in [3.8, 4) is 17.3 Å². The van der Waals surface area contributed by atoms with E-state index in [2.05, 4.69) is 20.5 Å². The van der Waals surface area contributed by atoms with Gasteiger partial charge in [-0.15, -0.1) is 5.10 Å². The second-order valence-corrected chi connectivity index (χ2v) is 8.34. The first-order valence-electron chi connectivity index (χ1n) is 10.4. The van der Waals surface area contributed by atoms with Crippen LogP contribution in [0.5, 0.6) is 5.88 Å². The number of amides is 1. The average molecular weight is 407 g/mol. The van der Waals surface area contributed by atoms with Gasteiger partial charge in [-0.25, -0.2) is 4.98 Å². The van der Waals surface area contributed by atoms with Crippen LogP contribution in [0.2, 0.25) is 0 Å². The van der Waals surface area contributed by atoms with Crippen molar-refractivity contribution in [2.24, 2.45) is 5.41 Å². The van der Waals surface area contributed by atoms with Crippen LogP contribution in [0.15, 0.2) is 34.7 Å². The summed E-state index contributed by atoms with van der Waals surface area (Å²) in [6.45, 7) is 3.49. The molecule has 1 aliphatic carbocycles. The minimum Gasteiger partial charge on any atom is -0.480 e. The zero-order valence-corrected chi connectivity index (χ0v) is 17.2. The molecule has 5 rings (SSSR count). The van der Waals surface area contributed by atoms with Crippen molar-refractivity contribution >= 4 is 22.8 Å². The van der Waals surface area contributed by atoms with Crippen LogP contribution >= 0.6 is 0 Å². The Morgan fingerprint density at radius 2 is 1.97 bits per heavy atom. The van der Waals surface area contributed by atoms with Gasteiger partial charge in [0, 0.05) is 18.5 Å². The van der Waals surface area contributed by atoms with Gasteiger partial charge >= 0.3 is 6.01 Å². The number of anilines is 1. The molecule has 1 saturated carbocycles. The van der Waals surface area contributed by atoms with Gasteiger partial charge in [-0.05, 0) is 50.2 Å². The highest BCUT2D eigenvalue weighted by Crippen LogP contribution is 2.53. The molecule has 1 atom stereocenters. The number of ether oxygens (including phenoxy) is 1. The molecular formula is C22H25N5O3. The lowest BCUT2D eigenvalue weighted by Crippen LogP contribution is -2.45. The van der Waals surface area contributed by atoms with Crippen LogP contribution in [0.1, 0.15) is 32.6 Å². The summed E-state index contributed by atoms with van der Waals surface area (Å²) in [5.74, 6) is 0.770. The Hall–Kier alpha value is -3.16. The summed E-state index contributed by atoms with van der Waals surface area (Å²) in [5, 5.41) is 12.2. The molecule has 3 heterocycles. The second-order valence-electron chi connectivity index (χ2n) is 8.34. The standard InChI is InChI=1S/C22H25N5O3/c1-14(20(28)27-11-9-22(7-8-22)10-12-27)23-21-26-25-19(30-21)16-13-15-5-3-4-6-17(15)24-18(16)29-2/h3-6,13-14H,7-12H2,1-2H3,(H,23,26)/t14-/m0/s1. The number of nitrogens with one attached hydrogen (secondary N) is 1. The fraction of sp³-hybridized carbons (Fsp3) is 0.455. The molecule has 8 nitrogen and oxygen atoms in total. The number of hydrogen-bond acceptors (Lipinski definition) is 7. The summed E-state index contributed by atoms with van der Waals surface area (Å²) in [4.78, 5) is 19.3. The van der Waals surface area contributed by atoms with Crippen molar-refractivity contribution < 1.29 is 13.9 Å². The Morgan fingerprint density at radius 3 is 2.70 bits per heavy atom. The number of fused-ring (bicyclic) bond motifs is 1. The molecule has 0 unspecified atom stereocenters. The number of likely N-dealkylation sites (tertiary alicyclic amines) is 1. The zero-order chi connectivity index (χ0) is 20.7. The SMILES string of the molecule is COc1nc2ccccc2cc1-c1nnc(N[C@@H](C)C(=O)N2CCC3(CC2)CC3)o1. The summed E-state index contributed by atoms with van der Waals surface area (Å²) in [6.07, 6.45) is 4.87. The van der Waals surface area contributed by atoms with Gasteiger partial charge in [0.25, 0.3) is 5.89 Å². The third-order valence-corrected chi connectivity index (χ3v) is 6.34. The molecule has 8 heteroatoms. The van der Waals surface area contributed by atoms with Gasteiger partial charge in [-0.2, -0.15) is 0 Å². The number of rotatable bonds is 5. The smallest absolute Gasteiger partial charge is 0.316 e. The Kier molecular flexibility index (Phi) is 4.56. The number of piperidine rings is 1. The molecule has 3 aromatic rings. The molecule has 0 radical (unpaired) electrons. The van der Waals surface area contributed by atoms with E-state index in [1.807, 2.05) is 42.2 Å². The van der Waals surface area contributed by atoms with E-state index in [4.69, 9.17) is 9.15 Å². The van der Waals surface area contributed by atoms with Crippen molar-refractivity contribution in [2.45, 2.75) is 38.6 Å². The van der Waals surface area contributed by atoms with E-state index < -0.39 is 6.04 Å². The number of carbonyl (C=O) groups excluding carboxylic acids is 1. The Morgan fingerprint density at radius 1 is 1.20 bits per heavy atom. The molecule has 1 amide bonds. The number of benzene rings is 1. The number of para-hydroxylation sites is 1. The molecule has 1 saturated heterocycles. The largest absolute Gasteiger partial charge is 0.480 e. The van der Waals surface area contributed by atoms with E-state index in [-0.39, 0.29) is 11.9 Å². The van der Waals surface area contributed by atoms with Gasteiger partial charge in [0.05, 0.1) is 12.6 Å². The maximum absolute atomic E-state index is 12.8. The van der Waals surface area contributed by atoms with Crippen LogP contribution in [0.4, 0.5) is 6.01 Å². The van der Waals surface area contributed by atoms with Gasteiger partial charge in [0.2, 0.25) is 11.8 Å². The van der Waals surface area contributed by atoms with Gasteiger partial charge < -0.3 is 19.4 Å². The highest BCUT2D eigenvalue weighted by Gasteiger charge is 2.45. The van der Waals surface area contributed by atoms with E-state index in [9.17, 15) is 4.79 Å². The van der Waals surface area contributed by atoms with E-state index in [0.29, 0.717) is 22.7 Å². The summed E-state index contributed by atoms with van der Waals surface area (Å²) in [5.41, 5.74) is 1.98. The molecule has 2 aromatic heterocycles. The summed E-state index contributed by atoms with van der Waals surface area (Å²) < 4.78 is 11.2. The van der Waals surface area contributed by atoms with E-state index >= 15 is 0 Å². The first-order valence-corrected chi connectivity index (χ1v) is 10.4. The molecule has 1 spiro atoms. The van der Waals surface area contributed by atoms with Crippen molar-refractivity contribution in [3.05, 3.63) is 30.3 Å². The maximum atomic E-state index is 12.8. The Labute approximate surface area is 174 Å². The highest BCUT2D eigenvalue weighted by atomic mass is 16.5. The Balaban J connectivity index is 1.30. The number of pyridine rings is 1. The Bertz CT molecular complexity index is 1080. The predicted octanol–water partition coefficient (Wildman–Crippen LogP) is 3.50. The normalized spacial score (nSPS) is 18.4. The fourth-order valence-corrected chi connectivity index (χ4v) is 4.20. The number of aromatic nitrogens is 3. The minimum absolute atomic E-state index is 0.0650. The van der Waals surface area contributed by atoms with E-state index in [1.54, 1.807) is 7.11 Å². The van der Waals surface area contributed by atoms with Crippen molar-refractivity contribution in [1.82, 2.24) is 20.1 Å². The second kappa shape index (κ2) is 7.27. The molecule has 0 bridgehead atoms. The van der Waals surface area contributed by atoms with Crippen LogP contribution in [0, 0.1) is 5.41 Å². The fourth-order valence-electron chi connectivity index (χ4n) is 4.20. The van der Waals surface area contributed by atoms with Gasteiger partial charge in [-0.3, -0.25) is 4.79 Å². The van der Waals surface area contributed by atoms with Crippen LogP contribution in [0.3, 0.4) is 0 Å². The molecular weight excluding hydrogens is 382 g/mol. The van der Waals surface area contributed by atoms with Crippen molar-refractivity contribution in [3.63, 3.8) is 0 Å². The van der Waals surface area contributed by atoms with Crippen molar-refractivity contribution in [2.75, 3.05) is 25.5 Å². The average Bonchev–Trinajstić information content (AvgIpc) is 3.37. The van der Waals surface area contributed by atoms with Gasteiger partial charge in [-0.1, -0.05) is 23.3 Å². The number of methoxy groups -OCH3 is 1. The quantitative estimate of drug-likeness (QED) is 0.692. The van der Waals surface area contributed by atoms with Gasteiger partial charge in [0.15, 0.2) is 0 Å². The van der Waals surface area contributed by atoms with Crippen LogP contribution in [-0.2, 0) is 4.79 Å². The van der Waals surface area contributed by atoms with Crippen LogP contribution in [0.25, 0.3) is 22.4 Å². The molecule has 156 valence electrons. The van der Waals surface area contributed by atoms with Crippen molar-refractivity contribution in [1.29, 1.82) is 0 Å². The molecule has 1 aliphatic heterocycles. The molecule has 2 fully saturated rings. The third kappa shape index (κ3) is 3.46. The molecule has 1 aromatic carbocycles. The lowest BCUT2D eigenvalue weighted by atomic mass is 9.93. The zero-order valence-electron chi connectivity index (χ0n) is 17.2. The monoisotopic (exact) mass is 407 g/mol. The first-order chi connectivity index (χ1) is 14.6. The number of nitrogens with zero attached hydrogens (tertiary/aromatic N) is 4. The summed E-state index contributed by atoms with van der Waals surface area (Å²) in [7, 11) is 1.56. The lowest BCUT2D eigenvalue weighted by molar-refractivity contribution is -0.133. The number of carbonyl (C=O) groups is 1. The summed E-state index contributed by atoms with van der Waals surface area (Å²) in [6, 6.07) is 9.43. The number of hydrogen-bond donors (Lipinski definition) is 1. The van der Waals surface area contributed by atoms with Gasteiger partial charge in [0.1, 0.15) is 11.6 Å². The first kappa shape index (κ1) is 18.8. The molecule has 2 aliphatic rings. The van der Waals surface area contributed by atoms with E-state index in [0.717, 1.165) is 36.8 Å². The van der Waals surface area contributed by atoms with Crippen LogP contribution in [-0.4, -0.2) is 52.2 Å². The highest BCUT2D eigenvalue weighted by molar-refractivity contribution is 5.85. The molecule has 1 N–H and O–H groups in total. The molecule has 30 heavy (non-hydrogen) atoms. The topological polar surface area (TPSA) is 93.4 Å². The maximum Gasteiger partial charge on any atom is 0.316 e. The predicted molar refractivity (Wildman–Crippen MR) is 112 cm³/mol. The lowest BCUT2D eigenvalue weighted by Gasteiger charge is -2.33. The third-order valence-electron chi connectivity index (χ3n) is 6.34. The summed E-state index contributed by atoms with van der Waals surface area (Å²) >= 11 is 0.